The van der Waals surface area contributed by atoms with Crippen molar-refractivity contribution in [1.82, 2.24) is 0 Å². The lowest BCUT2D eigenvalue weighted by molar-refractivity contribution is 0.107. The van der Waals surface area contributed by atoms with Crippen LogP contribution in [-0.2, 0) is 0 Å². The quantitative estimate of drug-likeness (QED) is 0.578. The van der Waals surface area contributed by atoms with E-state index in [1.165, 1.54) is 6.21 Å². The van der Waals surface area contributed by atoms with E-state index in [0.717, 1.165) is 4.47 Å². The standard InChI is InChI=1S/C15H8BrCl2N3O/c16-8-1-4-13-10(5-8)15(22)14(20-13)7-19-21-9-2-3-11(17)12(18)6-9/h1-7,21H. The van der Waals surface area contributed by atoms with Gasteiger partial charge in [0.2, 0.25) is 5.78 Å². The van der Waals surface area contributed by atoms with E-state index in [4.69, 9.17) is 23.2 Å². The number of nitrogens with one attached hydrogen (secondary N) is 1. The first-order chi connectivity index (χ1) is 10.5. The Morgan fingerprint density at radius 3 is 2.73 bits per heavy atom. The number of anilines is 1. The van der Waals surface area contributed by atoms with E-state index in [1.54, 1.807) is 30.3 Å². The number of fused-ring (bicyclic) bond motifs is 1. The summed E-state index contributed by atoms with van der Waals surface area (Å²) in [6, 6.07) is 10.4. The number of carbonyl (C=O) groups excluding carboxylic acids is 1. The second kappa shape index (κ2) is 6.20. The van der Waals surface area contributed by atoms with Crippen LogP contribution in [0.5, 0.6) is 0 Å². The van der Waals surface area contributed by atoms with Gasteiger partial charge in [0.05, 0.1) is 33.2 Å². The maximum Gasteiger partial charge on any atom is 0.215 e. The summed E-state index contributed by atoms with van der Waals surface area (Å²) in [4.78, 5) is 16.4. The van der Waals surface area contributed by atoms with Crippen LogP contribution in [0.25, 0.3) is 0 Å². The highest BCUT2D eigenvalue weighted by Gasteiger charge is 2.23. The van der Waals surface area contributed by atoms with Gasteiger partial charge in [0.15, 0.2) is 0 Å². The molecule has 1 aliphatic rings. The third kappa shape index (κ3) is 3.06. The highest BCUT2D eigenvalue weighted by atomic mass is 79.9. The molecule has 0 fully saturated rings. The van der Waals surface area contributed by atoms with Gasteiger partial charge >= 0.3 is 0 Å². The third-order valence-electron chi connectivity index (χ3n) is 2.98. The number of ketones is 1. The van der Waals surface area contributed by atoms with Crippen molar-refractivity contribution in [1.29, 1.82) is 0 Å². The van der Waals surface area contributed by atoms with E-state index in [0.29, 0.717) is 27.0 Å². The fourth-order valence-corrected chi connectivity index (χ4v) is 2.59. The molecule has 0 saturated carbocycles. The number of hydrazone groups is 1. The third-order valence-corrected chi connectivity index (χ3v) is 4.21. The summed E-state index contributed by atoms with van der Waals surface area (Å²) in [5.41, 5.74) is 4.93. The maximum atomic E-state index is 12.2. The molecule has 22 heavy (non-hydrogen) atoms. The SMILES string of the molecule is O=C1C(C=NNc2ccc(Cl)c(Cl)c2)=Nc2ccc(Br)cc21. The molecule has 4 nitrogen and oxygen atoms in total. The van der Waals surface area contributed by atoms with Crippen molar-refractivity contribution in [3.63, 3.8) is 0 Å². The van der Waals surface area contributed by atoms with E-state index in [9.17, 15) is 4.79 Å². The second-order valence-electron chi connectivity index (χ2n) is 4.49. The molecule has 1 heterocycles. The molecule has 0 aromatic heterocycles. The van der Waals surface area contributed by atoms with E-state index in [2.05, 4.69) is 31.4 Å². The molecule has 0 saturated heterocycles. The first-order valence-corrected chi connectivity index (χ1v) is 7.76. The fourth-order valence-electron chi connectivity index (χ4n) is 1.93. The zero-order chi connectivity index (χ0) is 15.7. The van der Waals surface area contributed by atoms with Crippen molar-refractivity contribution in [2.75, 3.05) is 5.43 Å². The van der Waals surface area contributed by atoms with Gasteiger partial charge < -0.3 is 0 Å². The van der Waals surface area contributed by atoms with Crippen LogP contribution in [0.3, 0.4) is 0 Å². The Morgan fingerprint density at radius 2 is 1.95 bits per heavy atom. The average molecular weight is 397 g/mol. The van der Waals surface area contributed by atoms with E-state index in [1.807, 2.05) is 6.07 Å². The van der Waals surface area contributed by atoms with Crippen LogP contribution < -0.4 is 5.43 Å². The number of nitrogens with zero attached hydrogens (tertiary/aromatic N) is 2. The summed E-state index contributed by atoms with van der Waals surface area (Å²) in [6.07, 6.45) is 1.39. The summed E-state index contributed by atoms with van der Waals surface area (Å²) in [5.74, 6) is -0.156. The molecule has 1 aliphatic heterocycles. The Labute approximate surface area is 145 Å². The monoisotopic (exact) mass is 395 g/mol. The predicted molar refractivity (Wildman–Crippen MR) is 94.1 cm³/mol. The predicted octanol–water partition coefficient (Wildman–Crippen LogP) is 5.12. The first kappa shape index (κ1) is 15.2. The molecule has 2 aromatic rings. The minimum absolute atomic E-state index is 0.156. The number of carbonyl (C=O) groups is 1. The van der Waals surface area contributed by atoms with Crippen molar-refractivity contribution in [2.45, 2.75) is 0 Å². The molecule has 0 unspecified atom stereocenters. The number of aliphatic imine (C=N–C) groups is 1. The summed E-state index contributed by atoms with van der Waals surface area (Å²) in [5, 5.41) is 4.90. The maximum absolute atomic E-state index is 12.2. The molecule has 0 spiro atoms. The van der Waals surface area contributed by atoms with Gasteiger partial charge in [0.25, 0.3) is 0 Å². The average Bonchev–Trinajstić information content (AvgIpc) is 2.79. The minimum atomic E-state index is -0.156. The fraction of sp³-hybridized carbons (Fsp3) is 0. The number of halogens is 3. The van der Waals surface area contributed by atoms with Gasteiger partial charge in [-0.05, 0) is 36.4 Å². The Balaban J connectivity index is 1.74. The van der Waals surface area contributed by atoms with Crippen molar-refractivity contribution in [3.05, 3.63) is 56.5 Å². The van der Waals surface area contributed by atoms with Gasteiger partial charge in [0, 0.05) is 4.47 Å². The lowest BCUT2D eigenvalue weighted by Gasteiger charge is -2.01. The molecule has 0 atom stereocenters. The molecule has 0 aliphatic carbocycles. The van der Waals surface area contributed by atoms with E-state index in [-0.39, 0.29) is 11.5 Å². The number of Topliss-reactive ketones (excluding diaryl/α,β-unsaturated/α-hetero) is 1. The van der Waals surface area contributed by atoms with Crippen LogP contribution in [-0.4, -0.2) is 17.7 Å². The topological polar surface area (TPSA) is 53.8 Å². The number of hydrogen-bond acceptors (Lipinski definition) is 4. The largest absolute Gasteiger partial charge is 0.287 e. The first-order valence-electron chi connectivity index (χ1n) is 6.21. The van der Waals surface area contributed by atoms with Gasteiger partial charge in [-0.1, -0.05) is 39.1 Å². The molecule has 2 aromatic carbocycles. The molecule has 7 heteroatoms. The summed E-state index contributed by atoms with van der Waals surface area (Å²) in [7, 11) is 0. The molecule has 3 rings (SSSR count). The second-order valence-corrected chi connectivity index (χ2v) is 6.22. The van der Waals surface area contributed by atoms with Crippen LogP contribution in [0.1, 0.15) is 10.4 Å². The summed E-state index contributed by atoms with van der Waals surface area (Å²) < 4.78 is 0.835. The molecule has 0 amide bonds. The van der Waals surface area contributed by atoms with Crippen LogP contribution in [0.4, 0.5) is 11.4 Å². The number of rotatable bonds is 3. The van der Waals surface area contributed by atoms with Crippen molar-refractivity contribution in [3.8, 4) is 0 Å². The zero-order valence-electron chi connectivity index (χ0n) is 11.0. The number of benzene rings is 2. The van der Waals surface area contributed by atoms with Crippen LogP contribution in [0, 0.1) is 0 Å². The van der Waals surface area contributed by atoms with Gasteiger partial charge in [0.1, 0.15) is 5.71 Å². The van der Waals surface area contributed by atoms with Gasteiger partial charge in [-0.3, -0.25) is 10.2 Å². The Bertz CT molecular complexity index is 834. The number of hydrogen-bond donors (Lipinski definition) is 1. The lowest BCUT2D eigenvalue weighted by Crippen LogP contribution is -2.11. The van der Waals surface area contributed by atoms with Gasteiger partial charge in [-0.25, -0.2) is 4.99 Å². The molecule has 0 bridgehead atoms. The van der Waals surface area contributed by atoms with Crippen LogP contribution in [0.2, 0.25) is 10.0 Å². The van der Waals surface area contributed by atoms with Crippen LogP contribution in [0.15, 0.2) is 51.0 Å². The Morgan fingerprint density at radius 1 is 1.14 bits per heavy atom. The lowest BCUT2D eigenvalue weighted by atomic mass is 10.1. The van der Waals surface area contributed by atoms with E-state index >= 15 is 0 Å². The van der Waals surface area contributed by atoms with Crippen molar-refractivity contribution >= 4 is 68.2 Å². The molecule has 0 radical (unpaired) electrons. The Kier molecular flexibility index (Phi) is 4.29. The van der Waals surface area contributed by atoms with Gasteiger partial charge in [-0.2, -0.15) is 5.10 Å². The molecule has 110 valence electrons. The van der Waals surface area contributed by atoms with Crippen molar-refractivity contribution < 1.29 is 4.79 Å². The normalized spacial score (nSPS) is 13.4. The molecular weight excluding hydrogens is 389 g/mol. The van der Waals surface area contributed by atoms with Crippen LogP contribution >= 0.6 is 39.1 Å². The smallest absolute Gasteiger partial charge is 0.215 e. The zero-order valence-corrected chi connectivity index (χ0v) is 14.1. The highest BCUT2D eigenvalue weighted by molar-refractivity contribution is 9.10. The molecule has 1 N–H and O–H groups in total. The highest BCUT2D eigenvalue weighted by Crippen LogP contribution is 2.29. The summed E-state index contributed by atoms with van der Waals surface area (Å²) in [6.45, 7) is 0. The molecular formula is C15H8BrCl2N3O. The Hall–Kier alpha value is -1.69. The minimum Gasteiger partial charge on any atom is -0.287 e. The van der Waals surface area contributed by atoms with E-state index < -0.39 is 0 Å². The summed E-state index contributed by atoms with van der Waals surface area (Å²) >= 11 is 15.1. The van der Waals surface area contributed by atoms with Gasteiger partial charge in [-0.15, -0.1) is 0 Å². The van der Waals surface area contributed by atoms with Crippen molar-refractivity contribution in [2.24, 2.45) is 10.1 Å².